The smallest absolute Gasteiger partial charge is 0.321 e. The van der Waals surface area contributed by atoms with Crippen molar-refractivity contribution >= 4 is 11.9 Å². The molecule has 0 saturated heterocycles. The number of benzene rings is 1. The van der Waals surface area contributed by atoms with E-state index < -0.39 is 0 Å². The Balaban J connectivity index is 1.79. The Hall–Kier alpha value is -1.88. The van der Waals surface area contributed by atoms with Gasteiger partial charge >= 0.3 is 6.03 Å². The van der Waals surface area contributed by atoms with Crippen LogP contribution in [0.25, 0.3) is 0 Å². The highest BCUT2D eigenvalue weighted by molar-refractivity contribution is 5.96. The van der Waals surface area contributed by atoms with Gasteiger partial charge in [-0.1, -0.05) is 49.1 Å². The van der Waals surface area contributed by atoms with Crippen molar-refractivity contribution in [2.45, 2.75) is 64.6 Å². The van der Waals surface area contributed by atoms with Crippen molar-refractivity contribution in [3.63, 3.8) is 0 Å². The summed E-state index contributed by atoms with van der Waals surface area (Å²) < 4.78 is 0. The number of hydrogen-bond donors (Lipinski definition) is 3. The van der Waals surface area contributed by atoms with Crippen LogP contribution in [0.1, 0.15) is 50.2 Å². The molecule has 1 aliphatic carbocycles. The molecule has 132 valence electrons. The Morgan fingerprint density at radius 1 is 1.17 bits per heavy atom. The summed E-state index contributed by atoms with van der Waals surface area (Å²) >= 11 is 0. The van der Waals surface area contributed by atoms with Gasteiger partial charge in [-0.25, -0.2) is 4.79 Å². The molecule has 2 rings (SSSR count). The van der Waals surface area contributed by atoms with E-state index in [0.717, 1.165) is 37.1 Å². The molecule has 1 aromatic rings. The standard InChI is InChI=1S/C19H29N3O2/c1-14-9-11-16(12-10-14)13-22(3)15(2)18(23)21-19(24)20-17-7-5-4-6-8-17/h9-12,15,17H,4-8,13H2,1-3H3,(H2,20,21,23,24)/p+1/t15-/m0/s1. The van der Waals surface area contributed by atoms with Gasteiger partial charge in [0.05, 0.1) is 7.05 Å². The average molecular weight is 332 g/mol. The minimum atomic E-state index is -0.359. The maximum Gasteiger partial charge on any atom is 0.321 e. The number of nitrogens with one attached hydrogen (secondary N) is 3. The Bertz CT molecular complexity index is 550. The monoisotopic (exact) mass is 332 g/mol. The number of rotatable bonds is 5. The van der Waals surface area contributed by atoms with Gasteiger partial charge in [-0.15, -0.1) is 0 Å². The van der Waals surface area contributed by atoms with Crippen molar-refractivity contribution in [1.82, 2.24) is 10.6 Å². The molecule has 0 spiro atoms. The number of carbonyl (C=O) groups excluding carboxylic acids is 2. The highest BCUT2D eigenvalue weighted by atomic mass is 16.2. The van der Waals surface area contributed by atoms with Gasteiger partial charge in [0.15, 0.2) is 6.04 Å². The van der Waals surface area contributed by atoms with E-state index in [4.69, 9.17) is 0 Å². The fourth-order valence-corrected chi connectivity index (χ4v) is 3.09. The first-order chi connectivity index (χ1) is 11.5. The van der Waals surface area contributed by atoms with Crippen LogP contribution in [0.15, 0.2) is 24.3 Å². The first-order valence-electron chi connectivity index (χ1n) is 8.95. The Morgan fingerprint density at radius 2 is 1.79 bits per heavy atom. The summed E-state index contributed by atoms with van der Waals surface area (Å²) in [6, 6.07) is 7.87. The molecule has 5 heteroatoms. The number of likely N-dealkylation sites (N-methyl/N-ethyl adjacent to an activating group) is 1. The number of imide groups is 1. The minimum absolute atomic E-state index is 0.208. The van der Waals surface area contributed by atoms with Gasteiger partial charge in [0.25, 0.3) is 5.91 Å². The number of carbonyl (C=O) groups is 2. The van der Waals surface area contributed by atoms with Gasteiger partial charge in [0, 0.05) is 11.6 Å². The maximum absolute atomic E-state index is 12.3. The SMILES string of the molecule is Cc1ccc(C[NH+](C)[C@@H](C)C(=O)NC(=O)NC2CCCCC2)cc1. The number of aryl methyl sites for hydroxylation is 1. The second-order valence-corrected chi connectivity index (χ2v) is 7.03. The zero-order valence-corrected chi connectivity index (χ0v) is 15.0. The molecule has 1 aliphatic rings. The summed E-state index contributed by atoms with van der Waals surface area (Å²) in [4.78, 5) is 25.3. The van der Waals surface area contributed by atoms with Crippen molar-refractivity contribution in [3.05, 3.63) is 35.4 Å². The largest absolute Gasteiger partial charge is 0.335 e. The molecule has 0 bridgehead atoms. The van der Waals surface area contributed by atoms with Crippen molar-refractivity contribution in [1.29, 1.82) is 0 Å². The van der Waals surface area contributed by atoms with E-state index >= 15 is 0 Å². The third kappa shape index (κ3) is 5.64. The Labute approximate surface area is 144 Å². The summed E-state index contributed by atoms with van der Waals surface area (Å²) in [6.07, 6.45) is 5.56. The van der Waals surface area contributed by atoms with Gasteiger partial charge < -0.3 is 10.2 Å². The van der Waals surface area contributed by atoms with E-state index in [1.807, 2.05) is 14.0 Å². The first-order valence-corrected chi connectivity index (χ1v) is 8.95. The molecule has 1 saturated carbocycles. The van der Waals surface area contributed by atoms with Crippen LogP contribution in [0.4, 0.5) is 4.79 Å². The second kappa shape index (κ2) is 8.83. The third-order valence-electron chi connectivity index (χ3n) is 4.91. The summed E-state index contributed by atoms with van der Waals surface area (Å²) in [6.45, 7) is 4.66. The lowest BCUT2D eigenvalue weighted by Gasteiger charge is -2.24. The van der Waals surface area contributed by atoms with Gasteiger partial charge in [-0.2, -0.15) is 0 Å². The summed E-state index contributed by atoms with van der Waals surface area (Å²) in [5, 5.41) is 5.41. The zero-order chi connectivity index (χ0) is 17.5. The second-order valence-electron chi connectivity index (χ2n) is 7.03. The van der Waals surface area contributed by atoms with Gasteiger partial charge in [0.1, 0.15) is 6.54 Å². The molecule has 3 amide bonds. The molecular weight excluding hydrogens is 302 g/mol. The molecular formula is C19H30N3O2+. The molecule has 1 aromatic carbocycles. The molecule has 1 unspecified atom stereocenters. The summed E-state index contributed by atoms with van der Waals surface area (Å²) in [5.74, 6) is -0.229. The number of hydrogen-bond acceptors (Lipinski definition) is 2. The molecule has 1 fully saturated rings. The maximum atomic E-state index is 12.3. The number of urea groups is 1. The molecule has 5 nitrogen and oxygen atoms in total. The first kappa shape index (κ1) is 18.5. The van der Waals surface area contributed by atoms with Crippen LogP contribution >= 0.6 is 0 Å². The summed E-state index contributed by atoms with van der Waals surface area (Å²) in [7, 11) is 1.98. The molecule has 24 heavy (non-hydrogen) atoms. The van der Waals surface area contributed by atoms with E-state index in [2.05, 4.69) is 41.8 Å². The van der Waals surface area contributed by atoms with E-state index in [-0.39, 0.29) is 24.0 Å². The van der Waals surface area contributed by atoms with Crippen LogP contribution in [-0.4, -0.2) is 31.1 Å². The van der Waals surface area contributed by atoms with E-state index in [1.54, 1.807) is 0 Å². The van der Waals surface area contributed by atoms with Crippen molar-refractivity contribution in [2.75, 3.05) is 7.05 Å². The topological polar surface area (TPSA) is 62.6 Å². The van der Waals surface area contributed by atoms with Crippen LogP contribution in [0.5, 0.6) is 0 Å². The van der Waals surface area contributed by atoms with Crippen molar-refractivity contribution in [3.8, 4) is 0 Å². The zero-order valence-electron chi connectivity index (χ0n) is 15.0. The normalized spacial score (nSPS) is 17.8. The minimum Gasteiger partial charge on any atom is -0.335 e. The molecule has 0 radical (unpaired) electrons. The van der Waals surface area contributed by atoms with Crippen molar-refractivity contribution in [2.24, 2.45) is 0 Å². The molecule has 2 atom stereocenters. The molecule has 3 N–H and O–H groups in total. The Kier molecular flexibility index (Phi) is 6.79. The highest BCUT2D eigenvalue weighted by Crippen LogP contribution is 2.17. The van der Waals surface area contributed by atoms with Crippen LogP contribution in [0.3, 0.4) is 0 Å². The Morgan fingerprint density at radius 3 is 2.42 bits per heavy atom. The number of quaternary nitrogens is 1. The highest BCUT2D eigenvalue weighted by Gasteiger charge is 2.24. The molecule has 0 aliphatic heterocycles. The van der Waals surface area contributed by atoms with Gasteiger partial charge in [-0.3, -0.25) is 10.1 Å². The lowest BCUT2D eigenvalue weighted by molar-refractivity contribution is -0.908. The fraction of sp³-hybridized carbons (Fsp3) is 0.579. The van der Waals surface area contributed by atoms with Crippen LogP contribution < -0.4 is 15.5 Å². The predicted octanol–water partition coefficient (Wildman–Crippen LogP) is 1.56. The molecule has 0 heterocycles. The predicted molar refractivity (Wildman–Crippen MR) is 94.8 cm³/mol. The van der Waals surface area contributed by atoms with E-state index in [1.165, 1.54) is 17.5 Å². The van der Waals surface area contributed by atoms with E-state index in [9.17, 15) is 9.59 Å². The summed E-state index contributed by atoms with van der Waals surface area (Å²) in [5.41, 5.74) is 2.41. The van der Waals surface area contributed by atoms with Crippen LogP contribution in [-0.2, 0) is 11.3 Å². The molecule has 0 aromatic heterocycles. The lowest BCUT2D eigenvalue weighted by atomic mass is 9.96. The van der Waals surface area contributed by atoms with Gasteiger partial charge in [-0.05, 0) is 26.7 Å². The average Bonchev–Trinajstić information content (AvgIpc) is 2.57. The van der Waals surface area contributed by atoms with Gasteiger partial charge in [0.2, 0.25) is 0 Å². The third-order valence-corrected chi connectivity index (χ3v) is 4.91. The number of amides is 3. The lowest BCUT2D eigenvalue weighted by Crippen LogP contribution is -3.12. The van der Waals surface area contributed by atoms with Crippen LogP contribution in [0, 0.1) is 6.92 Å². The van der Waals surface area contributed by atoms with E-state index in [0.29, 0.717) is 0 Å². The quantitative estimate of drug-likeness (QED) is 0.766. The van der Waals surface area contributed by atoms with Crippen molar-refractivity contribution < 1.29 is 14.5 Å². The van der Waals surface area contributed by atoms with Crippen LogP contribution in [0.2, 0.25) is 0 Å². The fourth-order valence-electron chi connectivity index (χ4n) is 3.09.